The fraction of sp³-hybridized carbons (Fsp3) is 0.200. The molecule has 33 heavy (non-hydrogen) atoms. The first kappa shape index (κ1) is 24.2. The van der Waals surface area contributed by atoms with Gasteiger partial charge in [0.1, 0.15) is 5.75 Å². The molecule has 8 heteroatoms. The summed E-state index contributed by atoms with van der Waals surface area (Å²) in [7, 11) is -0.859. The number of carbonyl (C=O) groups is 2. The van der Waals surface area contributed by atoms with E-state index in [0.29, 0.717) is 22.6 Å². The lowest BCUT2D eigenvalue weighted by Crippen LogP contribution is -2.33. The summed E-state index contributed by atoms with van der Waals surface area (Å²) >= 11 is 0. The molecule has 0 aliphatic heterocycles. The molecular weight excluding hydrogens is 440 g/mol. The van der Waals surface area contributed by atoms with Gasteiger partial charge in [0.25, 0.3) is 0 Å². The van der Waals surface area contributed by atoms with Crippen molar-refractivity contribution in [3.8, 4) is 5.75 Å². The van der Waals surface area contributed by atoms with Gasteiger partial charge in [-0.3, -0.25) is 9.59 Å². The van der Waals surface area contributed by atoms with Crippen LogP contribution in [0.25, 0.3) is 0 Å². The number of hydrogen-bond acceptors (Lipinski definition) is 5. The molecular formula is C25H26N2O5S. The lowest BCUT2D eigenvalue weighted by atomic mass is 10.0. The molecule has 1 atom stereocenters. The van der Waals surface area contributed by atoms with Crippen LogP contribution >= 0.6 is 0 Å². The molecule has 3 aromatic carbocycles. The van der Waals surface area contributed by atoms with E-state index in [1.54, 1.807) is 73.8 Å². The molecule has 172 valence electrons. The van der Waals surface area contributed by atoms with Crippen molar-refractivity contribution in [2.75, 3.05) is 19.5 Å². The second-order valence-corrected chi connectivity index (χ2v) is 9.51. The number of ether oxygens (including phenoxy) is 1. The summed E-state index contributed by atoms with van der Waals surface area (Å²) in [4.78, 5) is 24.7. The zero-order chi connectivity index (χ0) is 24.0. The van der Waals surface area contributed by atoms with Gasteiger partial charge in [0.2, 0.25) is 15.9 Å². The summed E-state index contributed by atoms with van der Waals surface area (Å²) in [5.74, 6) is 0.124. The number of sulfonamides is 1. The van der Waals surface area contributed by atoms with Gasteiger partial charge in [-0.1, -0.05) is 42.5 Å². The van der Waals surface area contributed by atoms with Crippen molar-refractivity contribution in [2.24, 2.45) is 0 Å². The van der Waals surface area contributed by atoms with Gasteiger partial charge in [0, 0.05) is 24.7 Å². The van der Waals surface area contributed by atoms with Crippen LogP contribution in [0.5, 0.6) is 5.75 Å². The zero-order valence-electron chi connectivity index (χ0n) is 18.7. The van der Waals surface area contributed by atoms with E-state index in [2.05, 4.69) is 5.32 Å². The van der Waals surface area contributed by atoms with Gasteiger partial charge in [0.05, 0.1) is 18.0 Å². The number of benzene rings is 3. The van der Waals surface area contributed by atoms with E-state index in [1.807, 2.05) is 0 Å². The largest absolute Gasteiger partial charge is 0.497 e. The molecule has 0 bridgehead atoms. The number of anilines is 1. The smallest absolute Gasteiger partial charge is 0.243 e. The third kappa shape index (κ3) is 5.85. The molecule has 1 N–H and O–H groups in total. The fourth-order valence-electron chi connectivity index (χ4n) is 3.41. The number of carbonyl (C=O) groups excluding carboxylic acids is 2. The van der Waals surface area contributed by atoms with Crippen LogP contribution < -0.4 is 10.1 Å². The molecule has 1 amide bonds. The molecule has 3 rings (SSSR count). The first-order valence-corrected chi connectivity index (χ1v) is 11.7. The molecule has 0 spiro atoms. The maximum absolute atomic E-state index is 13.3. The van der Waals surface area contributed by atoms with Crippen molar-refractivity contribution in [1.29, 1.82) is 0 Å². The summed E-state index contributed by atoms with van der Waals surface area (Å²) in [5.41, 5.74) is 1.59. The van der Waals surface area contributed by atoms with Gasteiger partial charge in [-0.25, -0.2) is 8.42 Å². The maximum atomic E-state index is 13.3. The van der Waals surface area contributed by atoms with Crippen LogP contribution in [0, 0.1) is 0 Å². The van der Waals surface area contributed by atoms with Crippen molar-refractivity contribution < 1.29 is 22.7 Å². The Hall–Kier alpha value is -3.49. The van der Waals surface area contributed by atoms with Crippen LogP contribution in [0.2, 0.25) is 0 Å². The standard InChI is InChI=1S/C25H26N2O5S/c1-18(28)20-8-7-9-21(16-20)26-25(29)17-24(19-12-14-22(32-3)15-13-19)27(2)33(30,31)23-10-5-4-6-11-23/h4-16,24H,17H2,1-3H3,(H,26,29)/t24-/m0/s1. The van der Waals surface area contributed by atoms with Crippen molar-refractivity contribution in [2.45, 2.75) is 24.3 Å². The summed E-state index contributed by atoms with van der Waals surface area (Å²) in [6.07, 6.45) is -0.126. The quantitative estimate of drug-likeness (QED) is 0.475. The van der Waals surface area contributed by atoms with Crippen LogP contribution in [0.3, 0.4) is 0 Å². The van der Waals surface area contributed by atoms with Crippen molar-refractivity contribution in [3.63, 3.8) is 0 Å². The Morgan fingerprint density at radius 3 is 2.24 bits per heavy atom. The fourth-order valence-corrected chi connectivity index (χ4v) is 4.78. The minimum Gasteiger partial charge on any atom is -0.497 e. The highest BCUT2D eigenvalue weighted by Gasteiger charge is 2.31. The van der Waals surface area contributed by atoms with Gasteiger partial charge in [-0.05, 0) is 48.9 Å². The third-order valence-electron chi connectivity index (χ3n) is 5.29. The van der Waals surface area contributed by atoms with E-state index < -0.39 is 16.1 Å². The predicted molar refractivity (Wildman–Crippen MR) is 127 cm³/mol. The maximum Gasteiger partial charge on any atom is 0.243 e. The van der Waals surface area contributed by atoms with Crippen LogP contribution in [0.15, 0.2) is 83.8 Å². The van der Waals surface area contributed by atoms with Gasteiger partial charge in [0.15, 0.2) is 5.78 Å². The van der Waals surface area contributed by atoms with E-state index in [0.717, 1.165) is 0 Å². The molecule has 0 saturated heterocycles. The highest BCUT2D eigenvalue weighted by molar-refractivity contribution is 7.89. The summed E-state index contributed by atoms with van der Waals surface area (Å²) in [5, 5.41) is 2.77. The van der Waals surface area contributed by atoms with Crippen molar-refractivity contribution in [1.82, 2.24) is 4.31 Å². The molecule has 3 aromatic rings. The summed E-state index contributed by atoms with van der Waals surface area (Å²) in [6.45, 7) is 1.45. The number of amides is 1. The van der Waals surface area contributed by atoms with Crippen LogP contribution in [-0.2, 0) is 14.8 Å². The van der Waals surface area contributed by atoms with Gasteiger partial charge < -0.3 is 10.1 Å². The van der Waals surface area contributed by atoms with Crippen molar-refractivity contribution in [3.05, 3.63) is 90.0 Å². The van der Waals surface area contributed by atoms with Crippen molar-refractivity contribution >= 4 is 27.4 Å². The Morgan fingerprint density at radius 1 is 0.970 bits per heavy atom. The molecule has 0 aliphatic rings. The minimum atomic E-state index is -3.86. The average molecular weight is 467 g/mol. The van der Waals surface area contributed by atoms with Gasteiger partial charge in [-0.2, -0.15) is 4.31 Å². The van der Waals surface area contributed by atoms with E-state index in [-0.39, 0.29) is 23.0 Å². The monoisotopic (exact) mass is 466 g/mol. The van der Waals surface area contributed by atoms with Crippen LogP contribution in [0.1, 0.15) is 35.3 Å². The Bertz CT molecular complexity index is 1230. The lowest BCUT2D eigenvalue weighted by Gasteiger charge is -2.28. The van der Waals surface area contributed by atoms with Gasteiger partial charge >= 0.3 is 0 Å². The second kappa shape index (κ2) is 10.4. The molecule has 0 saturated carbocycles. The number of Topliss-reactive ketones (excluding diaryl/α,β-unsaturated/α-hetero) is 1. The molecule has 7 nitrogen and oxygen atoms in total. The van der Waals surface area contributed by atoms with E-state index in [9.17, 15) is 18.0 Å². The Labute approximate surface area is 194 Å². The second-order valence-electron chi connectivity index (χ2n) is 7.51. The van der Waals surface area contributed by atoms with E-state index >= 15 is 0 Å². The van der Waals surface area contributed by atoms with Crippen LogP contribution in [-0.4, -0.2) is 38.6 Å². The number of nitrogens with one attached hydrogen (secondary N) is 1. The van der Waals surface area contributed by atoms with E-state index in [4.69, 9.17) is 4.74 Å². The zero-order valence-corrected chi connectivity index (χ0v) is 19.5. The third-order valence-corrected chi connectivity index (χ3v) is 7.17. The molecule has 0 aromatic heterocycles. The Morgan fingerprint density at radius 2 is 1.64 bits per heavy atom. The molecule has 0 unspecified atom stereocenters. The minimum absolute atomic E-state index is 0.115. The predicted octanol–water partition coefficient (Wildman–Crippen LogP) is 4.29. The molecule has 0 heterocycles. The highest BCUT2D eigenvalue weighted by atomic mass is 32.2. The molecule has 0 aliphatic carbocycles. The molecule has 0 radical (unpaired) electrons. The number of rotatable bonds is 9. The van der Waals surface area contributed by atoms with Gasteiger partial charge in [-0.15, -0.1) is 0 Å². The van der Waals surface area contributed by atoms with Crippen LogP contribution in [0.4, 0.5) is 5.69 Å². The highest BCUT2D eigenvalue weighted by Crippen LogP contribution is 2.30. The molecule has 0 fully saturated rings. The number of methoxy groups -OCH3 is 1. The topological polar surface area (TPSA) is 92.8 Å². The number of nitrogens with zero attached hydrogens (tertiary/aromatic N) is 1. The Kier molecular flexibility index (Phi) is 7.63. The van der Waals surface area contributed by atoms with E-state index in [1.165, 1.54) is 30.4 Å². The first-order valence-electron chi connectivity index (χ1n) is 10.3. The number of ketones is 1. The summed E-state index contributed by atoms with van der Waals surface area (Å²) in [6, 6.07) is 20.8. The Balaban J connectivity index is 1.90. The average Bonchev–Trinajstić information content (AvgIpc) is 2.83. The summed E-state index contributed by atoms with van der Waals surface area (Å²) < 4.78 is 32.9. The number of hydrogen-bond donors (Lipinski definition) is 1. The first-order chi connectivity index (χ1) is 15.7. The normalized spacial score (nSPS) is 12.2. The SMILES string of the molecule is COc1ccc([C@H](CC(=O)Nc2cccc(C(C)=O)c2)N(C)S(=O)(=O)c2ccccc2)cc1. The lowest BCUT2D eigenvalue weighted by molar-refractivity contribution is -0.117.